The maximum absolute atomic E-state index is 12.6. The van der Waals surface area contributed by atoms with Crippen molar-refractivity contribution in [2.75, 3.05) is 24.9 Å². The molecular formula is C25H26N2O4. The Morgan fingerprint density at radius 3 is 1.87 bits per heavy atom. The topological polar surface area (TPSA) is 76.7 Å². The SMILES string of the molecule is COc1cc(NC(=O)c2ccccc2)c(OC)cc1NC(=O)C[C@H](C)c1ccccc1. The monoisotopic (exact) mass is 418 g/mol. The minimum atomic E-state index is -0.269. The van der Waals surface area contributed by atoms with Gasteiger partial charge in [-0.3, -0.25) is 9.59 Å². The number of rotatable bonds is 8. The first-order valence-electron chi connectivity index (χ1n) is 9.99. The molecule has 0 bridgehead atoms. The Morgan fingerprint density at radius 1 is 0.806 bits per heavy atom. The van der Waals surface area contributed by atoms with Gasteiger partial charge in [0.05, 0.1) is 25.6 Å². The van der Waals surface area contributed by atoms with E-state index in [1.54, 1.807) is 36.4 Å². The van der Waals surface area contributed by atoms with Crippen LogP contribution in [0.5, 0.6) is 11.5 Å². The first-order chi connectivity index (χ1) is 15.0. The van der Waals surface area contributed by atoms with Crippen molar-refractivity contribution >= 4 is 23.2 Å². The molecule has 0 aromatic heterocycles. The van der Waals surface area contributed by atoms with E-state index in [4.69, 9.17) is 9.47 Å². The maximum Gasteiger partial charge on any atom is 0.255 e. The molecule has 0 aliphatic heterocycles. The zero-order chi connectivity index (χ0) is 22.2. The standard InChI is InChI=1S/C25H26N2O4/c1-17(18-10-6-4-7-11-18)14-24(28)26-20-15-23(31-3)21(16-22(20)30-2)27-25(29)19-12-8-5-9-13-19/h4-13,15-17H,14H2,1-3H3,(H,26,28)(H,27,29)/t17-/m0/s1. The number of nitrogens with one attached hydrogen (secondary N) is 2. The number of methoxy groups -OCH3 is 2. The predicted molar refractivity (Wildman–Crippen MR) is 122 cm³/mol. The Labute approximate surface area is 182 Å². The fourth-order valence-corrected chi connectivity index (χ4v) is 3.26. The lowest BCUT2D eigenvalue weighted by Gasteiger charge is -2.17. The normalized spacial score (nSPS) is 11.3. The Bertz CT molecular complexity index is 1040. The van der Waals surface area contributed by atoms with Gasteiger partial charge >= 0.3 is 0 Å². The van der Waals surface area contributed by atoms with E-state index in [1.165, 1.54) is 14.2 Å². The molecule has 0 saturated carbocycles. The van der Waals surface area contributed by atoms with E-state index >= 15 is 0 Å². The molecule has 2 amide bonds. The molecule has 160 valence electrons. The smallest absolute Gasteiger partial charge is 0.255 e. The lowest BCUT2D eigenvalue weighted by Crippen LogP contribution is -2.16. The van der Waals surface area contributed by atoms with Crippen LogP contribution in [0, 0.1) is 0 Å². The number of benzene rings is 3. The van der Waals surface area contributed by atoms with Gasteiger partial charge in [0.15, 0.2) is 0 Å². The Hall–Kier alpha value is -3.80. The third-order valence-electron chi connectivity index (χ3n) is 4.94. The highest BCUT2D eigenvalue weighted by Gasteiger charge is 2.17. The quantitative estimate of drug-likeness (QED) is 0.534. The van der Waals surface area contributed by atoms with Crippen LogP contribution in [-0.2, 0) is 4.79 Å². The van der Waals surface area contributed by atoms with Gasteiger partial charge in [-0.15, -0.1) is 0 Å². The third-order valence-corrected chi connectivity index (χ3v) is 4.94. The van der Waals surface area contributed by atoms with Crippen LogP contribution in [0.25, 0.3) is 0 Å². The van der Waals surface area contributed by atoms with Crippen LogP contribution in [0.3, 0.4) is 0 Å². The zero-order valence-corrected chi connectivity index (χ0v) is 17.8. The van der Waals surface area contributed by atoms with Crippen molar-refractivity contribution in [1.82, 2.24) is 0 Å². The molecule has 0 spiro atoms. The van der Waals surface area contributed by atoms with E-state index in [1.807, 2.05) is 43.3 Å². The van der Waals surface area contributed by atoms with Crippen molar-refractivity contribution < 1.29 is 19.1 Å². The molecular weight excluding hydrogens is 392 g/mol. The van der Waals surface area contributed by atoms with Gasteiger partial charge in [0.2, 0.25) is 5.91 Å². The average molecular weight is 418 g/mol. The van der Waals surface area contributed by atoms with Gasteiger partial charge in [-0.05, 0) is 23.6 Å². The first kappa shape index (κ1) is 21.9. The molecule has 0 unspecified atom stereocenters. The van der Waals surface area contributed by atoms with Crippen LogP contribution in [0.2, 0.25) is 0 Å². The highest BCUT2D eigenvalue weighted by Crippen LogP contribution is 2.37. The van der Waals surface area contributed by atoms with Crippen molar-refractivity contribution in [2.45, 2.75) is 19.3 Å². The van der Waals surface area contributed by atoms with Crippen molar-refractivity contribution in [2.24, 2.45) is 0 Å². The Kier molecular flexibility index (Phi) is 7.27. The number of ether oxygens (including phenoxy) is 2. The molecule has 6 heteroatoms. The second-order valence-electron chi connectivity index (χ2n) is 7.14. The number of anilines is 2. The van der Waals surface area contributed by atoms with Crippen LogP contribution >= 0.6 is 0 Å². The molecule has 3 rings (SSSR count). The molecule has 2 N–H and O–H groups in total. The molecule has 3 aromatic carbocycles. The second kappa shape index (κ2) is 10.3. The van der Waals surface area contributed by atoms with Gasteiger partial charge in [-0.1, -0.05) is 55.5 Å². The van der Waals surface area contributed by atoms with E-state index in [9.17, 15) is 9.59 Å². The van der Waals surface area contributed by atoms with E-state index in [2.05, 4.69) is 10.6 Å². The van der Waals surface area contributed by atoms with E-state index in [0.717, 1.165) is 5.56 Å². The zero-order valence-electron chi connectivity index (χ0n) is 17.8. The van der Waals surface area contributed by atoms with Gasteiger partial charge in [0.25, 0.3) is 5.91 Å². The number of hydrogen-bond donors (Lipinski definition) is 2. The summed E-state index contributed by atoms with van der Waals surface area (Å²) in [5.41, 5.74) is 2.54. The molecule has 0 radical (unpaired) electrons. The van der Waals surface area contributed by atoms with Crippen LogP contribution in [-0.4, -0.2) is 26.0 Å². The number of amides is 2. The van der Waals surface area contributed by atoms with Gasteiger partial charge in [-0.25, -0.2) is 0 Å². The van der Waals surface area contributed by atoms with Crippen molar-refractivity contribution in [1.29, 1.82) is 0 Å². The molecule has 0 heterocycles. The molecule has 6 nitrogen and oxygen atoms in total. The van der Waals surface area contributed by atoms with Crippen LogP contribution in [0.15, 0.2) is 72.8 Å². The number of carbonyl (C=O) groups excluding carboxylic acids is 2. The predicted octanol–water partition coefficient (Wildman–Crippen LogP) is 5.09. The summed E-state index contributed by atoms with van der Waals surface area (Å²) < 4.78 is 10.9. The summed E-state index contributed by atoms with van der Waals surface area (Å²) in [4.78, 5) is 25.2. The van der Waals surface area contributed by atoms with Crippen LogP contribution in [0.1, 0.15) is 35.2 Å². The minimum Gasteiger partial charge on any atom is -0.494 e. The largest absolute Gasteiger partial charge is 0.494 e. The first-order valence-corrected chi connectivity index (χ1v) is 9.99. The molecule has 1 atom stereocenters. The molecule has 0 aliphatic carbocycles. The Morgan fingerprint density at radius 2 is 1.32 bits per heavy atom. The van der Waals surface area contributed by atoms with E-state index in [0.29, 0.717) is 34.9 Å². The number of carbonyl (C=O) groups is 2. The second-order valence-corrected chi connectivity index (χ2v) is 7.14. The summed E-state index contributed by atoms with van der Waals surface area (Å²) in [6.45, 7) is 2.01. The van der Waals surface area contributed by atoms with Gasteiger partial charge < -0.3 is 20.1 Å². The number of hydrogen-bond acceptors (Lipinski definition) is 4. The molecule has 31 heavy (non-hydrogen) atoms. The van der Waals surface area contributed by atoms with E-state index in [-0.39, 0.29) is 17.7 Å². The lowest BCUT2D eigenvalue weighted by molar-refractivity contribution is -0.116. The van der Waals surface area contributed by atoms with Gasteiger partial charge in [0, 0.05) is 24.1 Å². The summed E-state index contributed by atoms with van der Waals surface area (Å²) in [5.74, 6) is 0.493. The summed E-state index contributed by atoms with van der Waals surface area (Å²) in [5, 5.41) is 5.72. The average Bonchev–Trinajstić information content (AvgIpc) is 2.80. The molecule has 0 saturated heterocycles. The van der Waals surface area contributed by atoms with Crippen molar-refractivity contribution in [3.8, 4) is 11.5 Å². The lowest BCUT2D eigenvalue weighted by atomic mass is 9.97. The fourth-order valence-electron chi connectivity index (χ4n) is 3.26. The third kappa shape index (κ3) is 5.63. The molecule has 3 aromatic rings. The molecule has 0 fully saturated rings. The Balaban J connectivity index is 1.76. The highest BCUT2D eigenvalue weighted by atomic mass is 16.5. The van der Waals surface area contributed by atoms with Crippen molar-refractivity contribution in [3.63, 3.8) is 0 Å². The summed E-state index contributed by atoms with van der Waals surface area (Å²) >= 11 is 0. The van der Waals surface area contributed by atoms with Gasteiger partial charge in [-0.2, -0.15) is 0 Å². The minimum absolute atomic E-state index is 0.0681. The summed E-state index contributed by atoms with van der Waals surface area (Å²) in [7, 11) is 3.01. The maximum atomic E-state index is 12.6. The van der Waals surface area contributed by atoms with Crippen LogP contribution in [0.4, 0.5) is 11.4 Å². The van der Waals surface area contributed by atoms with Crippen LogP contribution < -0.4 is 20.1 Å². The summed E-state index contributed by atoms with van der Waals surface area (Å²) in [6.07, 6.45) is 0.321. The van der Waals surface area contributed by atoms with E-state index < -0.39 is 0 Å². The van der Waals surface area contributed by atoms with Gasteiger partial charge in [0.1, 0.15) is 11.5 Å². The highest BCUT2D eigenvalue weighted by molar-refractivity contribution is 6.05. The van der Waals surface area contributed by atoms with Crippen molar-refractivity contribution in [3.05, 3.63) is 83.9 Å². The molecule has 0 aliphatic rings. The fraction of sp³-hybridized carbons (Fsp3) is 0.200. The summed E-state index contributed by atoms with van der Waals surface area (Å²) in [6, 6.07) is 22.0.